The van der Waals surface area contributed by atoms with Gasteiger partial charge in [-0.2, -0.15) is 0 Å². The summed E-state index contributed by atoms with van der Waals surface area (Å²) in [5.74, 6) is 0. The summed E-state index contributed by atoms with van der Waals surface area (Å²) in [5.41, 5.74) is 0. The van der Waals surface area contributed by atoms with Gasteiger partial charge in [0.1, 0.15) is 0 Å². The van der Waals surface area contributed by atoms with Crippen LogP contribution in [0.1, 0.15) is 40.5 Å². The Morgan fingerprint density at radius 3 is 1.36 bits per heavy atom. The monoisotopic (exact) mass is 210 g/mol. The third-order valence-corrected chi connectivity index (χ3v) is 1.64. The van der Waals surface area contributed by atoms with Crippen molar-refractivity contribution in [1.29, 1.82) is 0 Å². The maximum atomic E-state index is 4.64. The summed E-state index contributed by atoms with van der Waals surface area (Å²) in [7, 11) is 0. The highest BCUT2D eigenvalue weighted by molar-refractivity contribution is 4.37. The summed E-state index contributed by atoms with van der Waals surface area (Å²) in [6.07, 6.45) is 1.45. The number of rotatable bonds is 9. The lowest BCUT2D eigenvalue weighted by Gasteiger charge is -2.07. The van der Waals surface area contributed by atoms with Crippen molar-refractivity contribution in [3.8, 4) is 0 Å². The molecule has 2 unspecified atom stereocenters. The van der Waals surface area contributed by atoms with Gasteiger partial charge in [-0.05, 0) is 46.8 Å². The minimum absolute atomic E-state index is 0.0749. The molecular weight excluding hydrogens is 192 g/mol. The zero-order valence-electron chi connectivity index (χ0n) is 9.02. The SMILES string of the molecule is CCC(C)OOOOOOC(C)CC. The molecule has 0 saturated heterocycles. The Hall–Kier alpha value is -0.240. The van der Waals surface area contributed by atoms with Gasteiger partial charge in [0.05, 0.1) is 12.2 Å². The van der Waals surface area contributed by atoms with Crippen LogP contribution in [-0.2, 0) is 29.9 Å². The van der Waals surface area contributed by atoms with Crippen LogP contribution >= 0.6 is 0 Å². The van der Waals surface area contributed by atoms with Crippen molar-refractivity contribution in [2.45, 2.75) is 52.7 Å². The van der Waals surface area contributed by atoms with E-state index in [1.807, 2.05) is 27.7 Å². The van der Waals surface area contributed by atoms with Gasteiger partial charge < -0.3 is 0 Å². The molecule has 14 heavy (non-hydrogen) atoms. The van der Waals surface area contributed by atoms with Crippen LogP contribution in [0.15, 0.2) is 0 Å². The van der Waals surface area contributed by atoms with E-state index in [1.165, 1.54) is 0 Å². The first kappa shape index (κ1) is 13.8. The molecule has 0 rings (SSSR count). The zero-order valence-corrected chi connectivity index (χ0v) is 9.02. The molecule has 6 heteroatoms. The number of hydrogen-bond donors (Lipinski definition) is 0. The van der Waals surface area contributed by atoms with Gasteiger partial charge in [-0.15, -0.1) is 0 Å². The van der Waals surface area contributed by atoms with Crippen molar-refractivity contribution >= 4 is 0 Å². The Bertz CT molecular complexity index is 106. The van der Waals surface area contributed by atoms with Crippen LogP contribution in [0.25, 0.3) is 0 Å². The summed E-state index contributed by atoms with van der Waals surface area (Å²) in [4.78, 5) is 9.28. The topological polar surface area (TPSA) is 55.4 Å². The first-order valence-corrected chi connectivity index (χ1v) is 4.69. The fourth-order valence-electron chi connectivity index (χ4n) is 0.325. The predicted octanol–water partition coefficient (Wildman–Crippen LogP) is 2.26. The molecule has 0 bridgehead atoms. The van der Waals surface area contributed by atoms with Gasteiger partial charge in [0.2, 0.25) is 0 Å². The Morgan fingerprint density at radius 1 is 0.714 bits per heavy atom. The Labute approximate surface area is 83.6 Å². The van der Waals surface area contributed by atoms with E-state index in [1.54, 1.807) is 0 Å². The van der Waals surface area contributed by atoms with Gasteiger partial charge in [0.15, 0.2) is 0 Å². The minimum atomic E-state index is -0.0749. The first-order valence-electron chi connectivity index (χ1n) is 4.69. The van der Waals surface area contributed by atoms with E-state index < -0.39 is 0 Å². The molecule has 0 aliphatic rings. The minimum Gasteiger partial charge on any atom is -0.201 e. The van der Waals surface area contributed by atoms with E-state index in [-0.39, 0.29) is 12.2 Å². The van der Waals surface area contributed by atoms with Crippen LogP contribution in [0, 0.1) is 0 Å². The summed E-state index contributed by atoms with van der Waals surface area (Å²) in [6, 6.07) is 0. The molecule has 0 saturated carbocycles. The van der Waals surface area contributed by atoms with Crippen LogP contribution in [0.5, 0.6) is 0 Å². The highest BCUT2D eigenvalue weighted by atomic mass is 17.8. The molecule has 0 aromatic carbocycles. The molecule has 0 N–H and O–H groups in total. The second kappa shape index (κ2) is 9.32. The molecule has 0 spiro atoms. The maximum Gasteiger partial charge on any atom is 0.0931 e. The molecule has 0 aliphatic carbocycles. The Balaban J connectivity index is 3.06. The second-order valence-electron chi connectivity index (χ2n) is 2.90. The van der Waals surface area contributed by atoms with Gasteiger partial charge in [-0.25, -0.2) is 9.78 Å². The molecule has 0 radical (unpaired) electrons. The molecule has 0 amide bonds. The third kappa shape index (κ3) is 8.36. The Kier molecular flexibility index (Phi) is 9.16. The van der Waals surface area contributed by atoms with Gasteiger partial charge in [0.25, 0.3) is 0 Å². The third-order valence-electron chi connectivity index (χ3n) is 1.64. The molecule has 0 aromatic rings. The second-order valence-corrected chi connectivity index (χ2v) is 2.90. The van der Waals surface area contributed by atoms with Crippen molar-refractivity contribution in [1.82, 2.24) is 0 Å². The standard InChI is InChI=1S/C8H18O6/c1-5-7(3)9-11-13-14-12-10-8(4)6-2/h7-8H,5-6H2,1-4H3. The molecule has 6 nitrogen and oxygen atoms in total. The lowest BCUT2D eigenvalue weighted by atomic mass is 10.3. The zero-order chi connectivity index (χ0) is 10.8. The fourth-order valence-corrected chi connectivity index (χ4v) is 0.325. The van der Waals surface area contributed by atoms with Crippen molar-refractivity contribution in [2.75, 3.05) is 0 Å². The lowest BCUT2D eigenvalue weighted by Crippen LogP contribution is -2.11. The average molecular weight is 210 g/mol. The summed E-state index contributed by atoms with van der Waals surface area (Å²) >= 11 is 0. The molecule has 0 aliphatic heterocycles. The quantitative estimate of drug-likeness (QED) is 0.330. The van der Waals surface area contributed by atoms with Crippen molar-refractivity contribution < 1.29 is 29.9 Å². The van der Waals surface area contributed by atoms with Crippen molar-refractivity contribution in [3.05, 3.63) is 0 Å². The lowest BCUT2D eigenvalue weighted by molar-refractivity contribution is -0.762. The average Bonchev–Trinajstić information content (AvgIpc) is 2.22. The largest absolute Gasteiger partial charge is 0.201 e. The maximum absolute atomic E-state index is 4.64. The van der Waals surface area contributed by atoms with E-state index >= 15 is 0 Å². The van der Waals surface area contributed by atoms with Gasteiger partial charge in [-0.1, -0.05) is 13.8 Å². The molecular formula is C8H18O6. The fraction of sp³-hybridized carbons (Fsp3) is 1.00. The number of hydrogen-bond acceptors (Lipinski definition) is 6. The molecule has 0 fully saturated rings. The normalized spacial score (nSPS) is 15.4. The van der Waals surface area contributed by atoms with Crippen LogP contribution in [-0.4, -0.2) is 12.2 Å². The highest BCUT2D eigenvalue weighted by Gasteiger charge is 2.02. The van der Waals surface area contributed by atoms with E-state index in [0.717, 1.165) is 12.8 Å². The molecule has 86 valence electrons. The summed E-state index contributed by atoms with van der Waals surface area (Å²) < 4.78 is 0. The van der Waals surface area contributed by atoms with Crippen molar-refractivity contribution in [3.63, 3.8) is 0 Å². The highest BCUT2D eigenvalue weighted by Crippen LogP contribution is 1.99. The van der Waals surface area contributed by atoms with Crippen LogP contribution in [0.4, 0.5) is 0 Å². The predicted molar refractivity (Wildman–Crippen MR) is 46.0 cm³/mol. The van der Waals surface area contributed by atoms with Gasteiger partial charge in [-0.3, -0.25) is 0 Å². The van der Waals surface area contributed by atoms with Gasteiger partial charge in [0, 0.05) is 0 Å². The summed E-state index contributed by atoms with van der Waals surface area (Å²) in [5, 5.41) is 16.4. The molecule has 0 heterocycles. The van der Waals surface area contributed by atoms with Gasteiger partial charge >= 0.3 is 0 Å². The van der Waals surface area contributed by atoms with E-state index in [9.17, 15) is 0 Å². The van der Waals surface area contributed by atoms with E-state index in [0.29, 0.717) is 0 Å². The summed E-state index contributed by atoms with van der Waals surface area (Å²) in [6.45, 7) is 7.52. The van der Waals surface area contributed by atoms with Crippen LogP contribution in [0.3, 0.4) is 0 Å². The smallest absolute Gasteiger partial charge is 0.0931 e. The van der Waals surface area contributed by atoms with Crippen LogP contribution < -0.4 is 0 Å². The first-order chi connectivity index (χ1) is 6.70. The Morgan fingerprint density at radius 2 is 1.07 bits per heavy atom. The molecule has 2 atom stereocenters. The van der Waals surface area contributed by atoms with E-state index in [4.69, 9.17) is 0 Å². The van der Waals surface area contributed by atoms with Crippen LogP contribution in [0.2, 0.25) is 0 Å². The molecule has 0 aromatic heterocycles. The van der Waals surface area contributed by atoms with E-state index in [2.05, 4.69) is 29.9 Å². The van der Waals surface area contributed by atoms with Crippen molar-refractivity contribution in [2.24, 2.45) is 0 Å².